The van der Waals surface area contributed by atoms with Gasteiger partial charge in [-0.2, -0.15) is 0 Å². The summed E-state index contributed by atoms with van der Waals surface area (Å²) in [4.78, 5) is 30.9. The molecule has 22 heavy (non-hydrogen) atoms. The van der Waals surface area contributed by atoms with Crippen LogP contribution in [0.15, 0.2) is 45.9 Å². The number of amides is 1. The Kier molecular flexibility index (Phi) is 3.50. The molecule has 0 bridgehead atoms. The van der Waals surface area contributed by atoms with Crippen molar-refractivity contribution in [2.45, 2.75) is 19.9 Å². The molecule has 1 atom stereocenters. The maximum atomic E-state index is 12.5. The lowest BCUT2D eigenvalue weighted by atomic mass is 10.1. The van der Waals surface area contributed by atoms with Crippen molar-refractivity contribution in [1.29, 1.82) is 0 Å². The molecule has 0 saturated carbocycles. The predicted octanol–water partition coefficient (Wildman–Crippen LogP) is 2.32. The van der Waals surface area contributed by atoms with Crippen molar-refractivity contribution in [1.82, 2.24) is 15.3 Å². The number of H-pyrrole nitrogens is 1. The number of fused-ring (bicyclic) bond motifs is 1. The van der Waals surface area contributed by atoms with Crippen LogP contribution in [0.3, 0.4) is 0 Å². The molecule has 1 aromatic carbocycles. The normalized spacial score (nSPS) is 12.3. The summed E-state index contributed by atoms with van der Waals surface area (Å²) in [7, 11) is 0. The van der Waals surface area contributed by atoms with E-state index in [1.807, 2.05) is 37.3 Å². The van der Waals surface area contributed by atoms with Gasteiger partial charge in [-0.3, -0.25) is 9.59 Å². The fraction of sp³-hybridized carbons (Fsp3) is 0.188. The van der Waals surface area contributed by atoms with E-state index in [1.54, 1.807) is 6.92 Å². The summed E-state index contributed by atoms with van der Waals surface area (Å²) in [5.41, 5.74) is 0.985. The molecule has 2 N–H and O–H groups in total. The molecular formula is C16H15N3O3. The van der Waals surface area contributed by atoms with Gasteiger partial charge in [0.25, 0.3) is 11.5 Å². The standard InChI is InChI=1S/C16H15N3O3/c1-9(11-6-4-3-5-7-11)19-15(21)12-10(2)22-16-13(12)14(20)17-8-18-16/h3-9H,1-2H3,(H,19,21)(H,17,18,20)/t9-/m0/s1. The third kappa shape index (κ3) is 2.39. The average molecular weight is 297 g/mol. The average Bonchev–Trinajstić information content (AvgIpc) is 2.85. The zero-order valence-electron chi connectivity index (χ0n) is 12.2. The minimum atomic E-state index is -0.389. The number of carbonyl (C=O) groups is 1. The third-order valence-corrected chi connectivity index (χ3v) is 3.54. The van der Waals surface area contributed by atoms with E-state index in [2.05, 4.69) is 15.3 Å². The van der Waals surface area contributed by atoms with Gasteiger partial charge in [0.2, 0.25) is 5.71 Å². The van der Waals surface area contributed by atoms with Crippen LogP contribution in [-0.4, -0.2) is 15.9 Å². The van der Waals surface area contributed by atoms with Gasteiger partial charge in [-0.1, -0.05) is 30.3 Å². The lowest BCUT2D eigenvalue weighted by molar-refractivity contribution is 0.0939. The molecule has 6 heteroatoms. The van der Waals surface area contributed by atoms with Crippen LogP contribution in [-0.2, 0) is 0 Å². The lowest BCUT2D eigenvalue weighted by Crippen LogP contribution is -2.27. The number of carbonyl (C=O) groups excluding carboxylic acids is 1. The Hall–Kier alpha value is -2.89. The van der Waals surface area contributed by atoms with Crippen LogP contribution in [0, 0.1) is 6.92 Å². The number of aromatic amines is 1. The molecule has 3 rings (SSSR count). The van der Waals surface area contributed by atoms with E-state index in [4.69, 9.17) is 4.42 Å². The highest BCUT2D eigenvalue weighted by Gasteiger charge is 2.22. The van der Waals surface area contributed by atoms with Crippen molar-refractivity contribution in [3.8, 4) is 0 Å². The number of hydrogen-bond donors (Lipinski definition) is 2. The van der Waals surface area contributed by atoms with Crippen molar-refractivity contribution in [2.75, 3.05) is 0 Å². The van der Waals surface area contributed by atoms with E-state index < -0.39 is 0 Å². The topological polar surface area (TPSA) is 88.0 Å². The molecule has 0 saturated heterocycles. The zero-order chi connectivity index (χ0) is 15.7. The molecule has 6 nitrogen and oxygen atoms in total. The predicted molar refractivity (Wildman–Crippen MR) is 81.7 cm³/mol. The van der Waals surface area contributed by atoms with Crippen LogP contribution in [0.25, 0.3) is 11.1 Å². The summed E-state index contributed by atoms with van der Waals surface area (Å²) in [6.07, 6.45) is 1.25. The van der Waals surface area contributed by atoms with E-state index in [0.29, 0.717) is 5.76 Å². The summed E-state index contributed by atoms with van der Waals surface area (Å²) in [6.45, 7) is 3.52. The molecule has 0 aliphatic carbocycles. The Balaban J connectivity index is 1.96. The van der Waals surface area contributed by atoms with Crippen molar-refractivity contribution in [2.24, 2.45) is 0 Å². The first-order chi connectivity index (χ1) is 10.6. The van der Waals surface area contributed by atoms with Crippen LogP contribution in [0.4, 0.5) is 0 Å². The number of hydrogen-bond acceptors (Lipinski definition) is 4. The largest absolute Gasteiger partial charge is 0.442 e. The molecule has 2 heterocycles. The number of aromatic nitrogens is 2. The van der Waals surface area contributed by atoms with Crippen LogP contribution < -0.4 is 10.9 Å². The minimum Gasteiger partial charge on any atom is -0.442 e. The molecule has 0 fully saturated rings. The number of rotatable bonds is 3. The van der Waals surface area contributed by atoms with Crippen molar-refractivity contribution in [3.63, 3.8) is 0 Å². The highest BCUT2D eigenvalue weighted by atomic mass is 16.3. The Labute approximate surface area is 126 Å². The van der Waals surface area contributed by atoms with Gasteiger partial charge in [0, 0.05) is 0 Å². The van der Waals surface area contributed by atoms with Crippen LogP contribution in [0.1, 0.15) is 34.6 Å². The van der Waals surface area contributed by atoms with Gasteiger partial charge in [0.1, 0.15) is 11.1 Å². The lowest BCUT2D eigenvalue weighted by Gasteiger charge is -2.13. The van der Waals surface area contributed by atoms with Gasteiger partial charge in [-0.15, -0.1) is 0 Å². The van der Waals surface area contributed by atoms with Crippen molar-refractivity contribution < 1.29 is 9.21 Å². The first-order valence-corrected chi connectivity index (χ1v) is 6.90. The molecule has 0 radical (unpaired) electrons. The first kappa shape index (κ1) is 14.1. The number of nitrogens with one attached hydrogen (secondary N) is 2. The van der Waals surface area contributed by atoms with Gasteiger partial charge < -0.3 is 14.7 Å². The quantitative estimate of drug-likeness (QED) is 0.776. The molecule has 0 aliphatic heterocycles. The smallest absolute Gasteiger partial charge is 0.262 e. The monoisotopic (exact) mass is 297 g/mol. The van der Waals surface area contributed by atoms with Gasteiger partial charge >= 0.3 is 0 Å². The SMILES string of the molecule is Cc1oc2nc[nH]c(=O)c2c1C(=O)N[C@@H](C)c1ccccc1. The van der Waals surface area contributed by atoms with Gasteiger partial charge in [0.05, 0.1) is 17.9 Å². The fourth-order valence-electron chi connectivity index (χ4n) is 2.42. The summed E-state index contributed by atoms with van der Waals surface area (Å²) >= 11 is 0. The number of furan rings is 1. The molecular weight excluding hydrogens is 282 g/mol. The first-order valence-electron chi connectivity index (χ1n) is 6.90. The maximum Gasteiger partial charge on any atom is 0.262 e. The molecule has 0 aliphatic rings. The minimum absolute atomic E-state index is 0.166. The number of aryl methyl sites for hydroxylation is 1. The van der Waals surface area contributed by atoms with Gasteiger partial charge in [0.15, 0.2) is 0 Å². The van der Waals surface area contributed by atoms with E-state index in [-0.39, 0.29) is 34.2 Å². The second-order valence-corrected chi connectivity index (χ2v) is 5.05. The number of nitrogens with zero attached hydrogens (tertiary/aromatic N) is 1. The Morgan fingerprint density at radius 3 is 2.77 bits per heavy atom. The Bertz CT molecular complexity index is 881. The van der Waals surface area contributed by atoms with Gasteiger partial charge in [-0.25, -0.2) is 4.98 Å². The third-order valence-electron chi connectivity index (χ3n) is 3.54. The van der Waals surface area contributed by atoms with Crippen LogP contribution >= 0.6 is 0 Å². The molecule has 0 unspecified atom stereocenters. The molecule has 0 spiro atoms. The highest BCUT2D eigenvalue weighted by Crippen LogP contribution is 2.21. The van der Waals surface area contributed by atoms with Gasteiger partial charge in [-0.05, 0) is 19.4 Å². The van der Waals surface area contributed by atoms with Crippen LogP contribution in [0.2, 0.25) is 0 Å². The van der Waals surface area contributed by atoms with Crippen LogP contribution in [0.5, 0.6) is 0 Å². The van der Waals surface area contributed by atoms with E-state index >= 15 is 0 Å². The fourth-order valence-corrected chi connectivity index (χ4v) is 2.42. The molecule has 2 aromatic heterocycles. The Morgan fingerprint density at radius 1 is 1.32 bits per heavy atom. The zero-order valence-corrected chi connectivity index (χ0v) is 12.2. The number of benzene rings is 1. The van der Waals surface area contributed by atoms with E-state index in [0.717, 1.165) is 5.56 Å². The summed E-state index contributed by atoms with van der Waals surface area (Å²) in [6, 6.07) is 9.40. The summed E-state index contributed by atoms with van der Waals surface area (Å²) in [5.74, 6) is 0.0167. The molecule has 1 amide bonds. The molecule has 112 valence electrons. The summed E-state index contributed by atoms with van der Waals surface area (Å²) in [5, 5.41) is 3.06. The maximum absolute atomic E-state index is 12.5. The van der Waals surface area contributed by atoms with E-state index in [1.165, 1.54) is 6.33 Å². The van der Waals surface area contributed by atoms with Crippen molar-refractivity contribution in [3.05, 3.63) is 63.9 Å². The molecule has 3 aromatic rings. The van der Waals surface area contributed by atoms with E-state index in [9.17, 15) is 9.59 Å². The second kappa shape index (κ2) is 5.48. The summed E-state index contributed by atoms with van der Waals surface area (Å²) < 4.78 is 5.40. The highest BCUT2D eigenvalue weighted by molar-refractivity contribution is 6.06. The second-order valence-electron chi connectivity index (χ2n) is 5.05. The Morgan fingerprint density at radius 2 is 2.05 bits per heavy atom. The van der Waals surface area contributed by atoms with Crippen molar-refractivity contribution >= 4 is 17.0 Å².